The number of carboxylic acid groups (broad SMARTS) is 1. The molecule has 5 heteroatoms. The molecule has 0 unspecified atom stereocenters. The number of unbranched alkanes of at least 4 members (excludes halogenated alkanes) is 1. The minimum atomic E-state index is -0.781. The highest BCUT2D eigenvalue weighted by molar-refractivity contribution is 5.78. The quantitative estimate of drug-likeness (QED) is 0.577. The van der Waals surface area contributed by atoms with Crippen LogP contribution in [0.15, 0.2) is 60.7 Å². The summed E-state index contributed by atoms with van der Waals surface area (Å²) in [5, 5.41) is 9.75. The number of nitrogens with zero attached hydrogens (tertiary/aromatic N) is 1. The summed E-state index contributed by atoms with van der Waals surface area (Å²) in [4.78, 5) is 15.1. The lowest BCUT2D eigenvalue weighted by atomic mass is 10.2. The standard InChI is InChI=1S/C21H21NO4/c23-21(24)11-5-6-14-25-19-9-3-4-10-20(19)26-15-17-13-12-16-7-1-2-8-18(16)22-17/h1-4,7-10,12-13H,5-6,11,14-15H2,(H,23,24). The van der Waals surface area contributed by atoms with Gasteiger partial charge in [-0.3, -0.25) is 4.79 Å². The average molecular weight is 351 g/mol. The van der Waals surface area contributed by atoms with Crippen molar-refractivity contribution < 1.29 is 19.4 Å². The summed E-state index contributed by atoms with van der Waals surface area (Å²) < 4.78 is 11.6. The predicted octanol–water partition coefficient (Wildman–Crippen LogP) is 4.45. The van der Waals surface area contributed by atoms with Gasteiger partial charge >= 0.3 is 5.97 Å². The Kier molecular flexibility index (Phi) is 6.04. The number of rotatable bonds is 9. The van der Waals surface area contributed by atoms with Crippen LogP contribution < -0.4 is 9.47 Å². The number of hydrogen-bond donors (Lipinski definition) is 1. The average Bonchev–Trinajstić information content (AvgIpc) is 2.66. The van der Waals surface area contributed by atoms with E-state index in [9.17, 15) is 4.79 Å². The third-order valence-electron chi connectivity index (χ3n) is 3.92. The normalized spacial score (nSPS) is 10.6. The van der Waals surface area contributed by atoms with Crippen LogP contribution in [0.1, 0.15) is 25.0 Å². The molecule has 0 aliphatic heterocycles. The van der Waals surface area contributed by atoms with Gasteiger partial charge in [0.25, 0.3) is 0 Å². The molecular formula is C21H21NO4. The van der Waals surface area contributed by atoms with E-state index in [0.717, 1.165) is 16.6 Å². The van der Waals surface area contributed by atoms with E-state index in [1.807, 2.05) is 60.7 Å². The number of aromatic nitrogens is 1. The number of hydrogen-bond acceptors (Lipinski definition) is 4. The molecule has 0 spiro atoms. The van der Waals surface area contributed by atoms with Crippen LogP contribution in [0.4, 0.5) is 0 Å². The highest BCUT2D eigenvalue weighted by atomic mass is 16.5. The Bertz CT molecular complexity index is 879. The van der Waals surface area contributed by atoms with E-state index in [4.69, 9.17) is 14.6 Å². The topological polar surface area (TPSA) is 68.7 Å². The first kappa shape index (κ1) is 17.7. The molecule has 1 heterocycles. The number of benzene rings is 2. The Morgan fingerprint density at radius 1 is 0.885 bits per heavy atom. The van der Waals surface area contributed by atoms with Crippen molar-refractivity contribution in [1.29, 1.82) is 0 Å². The van der Waals surface area contributed by atoms with Crippen LogP contribution in [0.25, 0.3) is 10.9 Å². The van der Waals surface area contributed by atoms with Crippen LogP contribution in [-0.4, -0.2) is 22.7 Å². The van der Waals surface area contributed by atoms with Gasteiger partial charge in [-0.25, -0.2) is 4.98 Å². The van der Waals surface area contributed by atoms with E-state index in [1.54, 1.807) is 0 Å². The van der Waals surface area contributed by atoms with E-state index in [-0.39, 0.29) is 6.42 Å². The number of pyridine rings is 1. The number of fused-ring (bicyclic) bond motifs is 1. The fourth-order valence-electron chi connectivity index (χ4n) is 2.59. The van der Waals surface area contributed by atoms with Crippen molar-refractivity contribution >= 4 is 16.9 Å². The molecule has 3 rings (SSSR count). The van der Waals surface area contributed by atoms with Crippen LogP contribution in [0.3, 0.4) is 0 Å². The molecule has 0 amide bonds. The molecule has 1 N–H and O–H groups in total. The lowest BCUT2D eigenvalue weighted by molar-refractivity contribution is -0.137. The molecular weight excluding hydrogens is 330 g/mol. The molecule has 0 saturated heterocycles. The first-order valence-electron chi connectivity index (χ1n) is 8.63. The second-order valence-corrected chi connectivity index (χ2v) is 5.93. The first-order valence-corrected chi connectivity index (χ1v) is 8.63. The van der Waals surface area contributed by atoms with E-state index in [0.29, 0.717) is 37.6 Å². The van der Waals surface area contributed by atoms with Gasteiger partial charge in [0, 0.05) is 11.8 Å². The highest BCUT2D eigenvalue weighted by Gasteiger charge is 2.06. The zero-order valence-corrected chi connectivity index (χ0v) is 14.4. The molecule has 0 aliphatic carbocycles. The van der Waals surface area contributed by atoms with Crippen molar-refractivity contribution in [3.63, 3.8) is 0 Å². The fraction of sp³-hybridized carbons (Fsp3) is 0.238. The van der Waals surface area contributed by atoms with Gasteiger partial charge in [0.1, 0.15) is 6.61 Å². The molecule has 0 bridgehead atoms. The summed E-state index contributed by atoms with van der Waals surface area (Å²) in [6.07, 6.45) is 1.45. The van der Waals surface area contributed by atoms with E-state index >= 15 is 0 Å². The summed E-state index contributed by atoms with van der Waals surface area (Å²) in [7, 11) is 0. The third kappa shape index (κ3) is 4.96. The van der Waals surface area contributed by atoms with Crippen molar-refractivity contribution in [3.05, 3.63) is 66.4 Å². The molecule has 5 nitrogen and oxygen atoms in total. The summed E-state index contributed by atoms with van der Waals surface area (Å²) in [6.45, 7) is 0.812. The van der Waals surface area contributed by atoms with Gasteiger partial charge < -0.3 is 14.6 Å². The maximum Gasteiger partial charge on any atom is 0.303 e. The van der Waals surface area contributed by atoms with Gasteiger partial charge in [0.15, 0.2) is 11.5 Å². The van der Waals surface area contributed by atoms with Crippen LogP contribution in [-0.2, 0) is 11.4 Å². The summed E-state index contributed by atoms with van der Waals surface area (Å²) in [5.41, 5.74) is 1.79. The van der Waals surface area contributed by atoms with Crippen LogP contribution >= 0.6 is 0 Å². The maximum atomic E-state index is 10.5. The summed E-state index contributed by atoms with van der Waals surface area (Å²) >= 11 is 0. The lowest BCUT2D eigenvalue weighted by Gasteiger charge is -2.12. The number of carboxylic acids is 1. The Morgan fingerprint density at radius 2 is 1.62 bits per heavy atom. The first-order chi connectivity index (χ1) is 12.7. The maximum absolute atomic E-state index is 10.5. The molecule has 134 valence electrons. The van der Waals surface area contributed by atoms with E-state index < -0.39 is 5.97 Å². The zero-order valence-electron chi connectivity index (χ0n) is 14.4. The molecule has 0 radical (unpaired) electrons. The number of para-hydroxylation sites is 3. The lowest BCUT2D eigenvalue weighted by Crippen LogP contribution is -2.03. The monoisotopic (exact) mass is 351 g/mol. The summed E-state index contributed by atoms with van der Waals surface area (Å²) in [5.74, 6) is 0.529. The Morgan fingerprint density at radius 3 is 2.42 bits per heavy atom. The molecule has 0 saturated carbocycles. The van der Waals surface area contributed by atoms with E-state index in [2.05, 4.69) is 4.98 Å². The summed E-state index contributed by atoms with van der Waals surface area (Å²) in [6, 6.07) is 19.4. The number of aliphatic carboxylic acids is 1. The minimum Gasteiger partial charge on any atom is -0.490 e. The molecule has 26 heavy (non-hydrogen) atoms. The molecule has 0 aliphatic rings. The van der Waals surface area contributed by atoms with Crippen molar-refractivity contribution in [3.8, 4) is 11.5 Å². The Hall–Kier alpha value is -3.08. The van der Waals surface area contributed by atoms with Gasteiger partial charge in [-0.05, 0) is 37.1 Å². The molecule has 0 fully saturated rings. The zero-order chi connectivity index (χ0) is 18.2. The second kappa shape index (κ2) is 8.85. The van der Waals surface area contributed by atoms with Crippen molar-refractivity contribution in [2.75, 3.05) is 6.61 Å². The highest BCUT2D eigenvalue weighted by Crippen LogP contribution is 2.27. The second-order valence-electron chi connectivity index (χ2n) is 5.93. The Balaban J connectivity index is 1.57. The van der Waals surface area contributed by atoms with Crippen LogP contribution in [0, 0.1) is 0 Å². The smallest absolute Gasteiger partial charge is 0.303 e. The van der Waals surface area contributed by atoms with Crippen molar-refractivity contribution in [2.24, 2.45) is 0 Å². The number of carbonyl (C=O) groups is 1. The van der Waals surface area contributed by atoms with E-state index in [1.165, 1.54) is 0 Å². The van der Waals surface area contributed by atoms with Gasteiger partial charge in [0.2, 0.25) is 0 Å². The molecule has 1 aromatic heterocycles. The third-order valence-corrected chi connectivity index (χ3v) is 3.92. The SMILES string of the molecule is O=C(O)CCCCOc1ccccc1OCc1ccc2ccccc2n1. The van der Waals surface area contributed by atoms with Gasteiger partial charge in [-0.2, -0.15) is 0 Å². The van der Waals surface area contributed by atoms with Crippen molar-refractivity contribution in [1.82, 2.24) is 4.98 Å². The molecule has 3 aromatic rings. The van der Waals surface area contributed by atoms with Gasteiger partial charge in [-0.1, -0.05) is 36.4 Å². The largest absolute Gasteiger partial charge is 0.490 e. The van der Waals surface area contributed by atoms with Crippen LogP contribution in [0.2, 0.25) is 0 Å². The fourth-order valence-corrected chi connectivity index (χ4v) is 2.59. The number of ether oxygens (including phenoxy) is 2. The van der Waals surface area contributed by atoms with Crippen LogP contribution in [0.5, 0.6) is 11.5 Å². The van der Waals surface area contributed by atoms with Gasteiger partial charge in [-0.15, -0.1) is 0 Å². The predicted molar refractivity (Wildman–Crippen MR) is 99.5 cm³/mol. The Labute approximate surface area is 152 Å². The van der Waals surface area contributed by atoms with Crippen molar-refractivity contribution in [2.45, 2.75) is 25.9 Å². The molecule has 0 atom stereocenters. The minimum absolute atomic E-state index is 0.162. The molecule has 2 aromatic carbocycles. The van der Waals surface area contributed by atoms with Gasteiger partial charge in [0.05, 0.1) is 17.8 Å².